The van der Waals surface area contributed by atoms with E-state index in [0.717, 1.165) is 32.6 Å². The fourth-order valence-electron chi connectivity index (χ4n) is 2.85. The highest BCUT2D eigenvalue weighted by atomic mass is 16.2. The fourth-order valence-corrected chi connectivity index (χ4v) is 2.85. The Bertz CT molecular complexity index is 249. The molecular formula is C12H23N3O. The van der Waals surface area contributed by atoms with Gasteiger partial charge >= 0.3 is 0 Å². The summed E-state index contributed by atoms with van der Waals surface area (Å²) in [5, 5.41) is 3.49. The maximum Gasteiger partial charge on any atom is 0.239 e. The van der Waals surface area contributed by atoms with Crippen molar-refractivity contribution in [1.82, 2.24) is 15.1 Å². The van der Waals surface area contributed by atoms with Crippen LogP contribution in [0.15, 0.2) is 0 Å². The van der Waals surface area contributed by atoms with Crippen LogP contribution in [0.4, 0.5) is 0 Å². The van der Waals surface area contributed by atoms with Gasteiger partial charge in [0.2, 0.25) is 5.91 Å². The molecule has 0 aromatic carbocycles. The van der Waals surface area contributed by atoms with E-state index in [0.29, 0.717) is 11.9 Å². The fraction of sp³-hybridized carbons (Fsp3) is 0.917. The predicted octanol–water partition coefficient (Wildman–Crippen LogP) is 0.291. The number of nitrogens with one attached hydrogen (secondary N) is 1. The zero-order valence-electron chi connectivity index (χ0n) is 10.4. The van der Waals surface area contributed by atoms with Crippen molar-refractivity contribution in [2.75, 3.05) is 33.2 Å². The molecule has 0 aromatic heterocycles. The molecule has 0 saturated carbocycles. The van der Waals surface area contributed by atoms with Gasteiger partial charge in [0.25, 0.3) is 0 Å². The van der Waals surface area contributed by atoms with Crippen LogP contribution in [-0.4, -0.2) is 61.0 Å². The Morgan fingerprint density at radius 1 is 1.25 bits per heavy atom. The van der Waals surface area contributed by atoms with Gasteiger partial charge in [-0.2, -0.15) is 0 Å². The molecule has 16 heavy (non-hydrogen) atoms. The zero-order valence-corrected chi connectivity index (χ0v) is 10.4. The molecule has 4 heteroatoms. The summed E-state index contributed by atoms with van der Waals surface area (Å²) in [5.74, 6) is 0.321. The minimum Gasteiger partial charge on any atom is -0.344 e. The molecule has 1 unspecified atom stereocenters. The second-order valence-electron chi connectivity index (χ2n) is 4.93. The zero-order chi connectivity index (χ0) is 11.5. The van der Waals surface area contributed by atoms with Gasteiger partial charge in [0.15, 0.2) is 0 Å². The van der Waals surface area contributed by atoms with Gasteiger partial charge in [-0.25, -0.2) is 0 Å². The van der Waals surface area contributed by atoms with E-state index in [1.807, 2.05) is 11.9 Å². The van der Waals surface area contributed by atoms with Crippen LogP contribution in [-0.2, 0) is 4.79 Å². The van der Waals surface area contributed by atoms with Crippen LogP contribution in [0, 0.1) is 0 Å². The molecule has 92 valence electrons. The molecule has 0 spiro atoms. The lowest BCUT2D eigenvalue weighted by Crippen LogP contribution is -2.49. The van der Waals surface area contributed by atoms with Crippen molar-refractivity contribution in [3.05, 3.63) is 0 Å². The number of amides is 1. The first-order chi connectivity index (χ1) is 7.72. The number of likely N-dealkylation sites (tertiary alicyclic amines) is 2. The molecule has 2 heterocycles. The first-order valence-electron chi connectivity index (χ1n) is 6.44. The number of likely N-dealkylation sites (N-methyl/N-ethyl adjacent to an activating group) is 1. The largest absolute Gasteiger partial charge is 0.344 e. The lowest BCUT2D eigenvalue weighted by Gasteiger charge is -2.35. The first kappa shape index (κ1) is 11.9. The molecule has 2 aliphatic heterocycles. The van der Waals surface area contributed by atoms with Crippen molar-refractivity contribution < 1.29 is 4.79 Å². The summed E-state index contributed by atoms with van der Waals surface area (Å²) in [6.07, 6.45) is 3.38. The van der Waals surface area contributed by atoms with E-state index in [-0.39, 0.29) is 6.04 Å². The Morgan fingerprint density at radius 2 is 1.94 bits per heavy atom. The van der Waals surface area contributed by atoms with Gasteiger partial charge in [-0.3, -0.25) is 9.69 Å². The van der Waals surface area contributed by atoms with E-state index >= 15 is 0 Å². The van der Waals surface area contributed by atoms with Crippen molar-refractivity contribution in [3.63, 3.8) is 0 Å². The Balaban J connectivity index is 1.83. The number of carbonyl (C=O) groups excluding carboxylic acids is 1. The third kappa shape index (κ3) is 2.38. The van der Waals surface area contributed by atoms with Crippen LogP contribution >= 0.6 is 0 Å². The highest BCUT2D eigenvalue weighted by Crippen LogP contribution is 2.20. The summed E-state index contributed by atoms with van der Waals surface area (Å²) < 4.78 is 0. The quantitative estimate of drug-likeness (QED) is 0.750. The van der Waals surface area contributed by atoms with Crippen molar-refractivity contribution in [2.45, 2.75) is 38.3 Å². The molecule has 4 nitrogen and oxygen atoms in total. The van der Waals surface area contributed by atoms with E-state index < -0.39 is 0 Å². The van der Waals surface area contributed by atoms with E-state index in [4.69, 9.17) is 0 Å². The maximum atomic E-state index is 11.9. The molecular weight excluding hydrogens is 202 g/mol. The minimum absolute atomic E-state index is 0.174. The Morgan fingerprint density at radius 3 is 2.44 bits per heavy atom. The minimum atomic E-state index is 0.174. The Kier molecular flexibility index (Phi) is 3.82. The van der Waals surface area contributed by atoms with E-state index in [9.17, 15) is 4.79 Å². The molecule has 0 aromatic rings. The molecule has 1 atom stereocenters. The molecule has 0 radical (unpaired) electrons. The summed E-state index contributed by atoms with van der Waals surface area (Å²) in [4.78, 5) is 16.1. The highest BCUT2D eigenvalue weighted by molar-refractivity contribution is 5.83. The molecule has 2 aliphatic rings. The van der Waals surface area contributed by atoms with Crippen LogP contribution in [0.2, 0.25) is 0 Å². The maximum absolute atomic E-state index is 11.9. The molecule has 1 N–H and O–H groups in total. The van der Waals surface area contributed by atoms with Crippen LogP contribution in [0.3, 0.4) is 0 Å². The van der Waals surface area contributed by atoms with E-state index in [2.05, 4.69) is 17.1 Å². The lowest BCUT2D eigenvalue weighted by molar-refractivity contribution is -0.131. The normalized spacial score (nSPS) is 29.0. The summed E-state index contributed by atoms with van der Waals surface area (Å²) in [5.41, 5.74) is 0. The number of piperidine rings is 1. The highest BCUT2D eigenvalue weighted by Gasteiger charge is 2.35. The number of hydrogen-bond acceptors (Lipinski definition) is 3. The summed E-state index contributed by atoms with van der Waals surface area (Å²) in [6.45, 7) is 6.28. The summed E-state index contributed by atoms with van der Waals surface area (Å²) in [7, 11) is 1.91. The average Bonchev–Trinajstić information content (AvgIpc) is 2.62. The van der Waals surface area contributed by atoms with Gasteiger partial charge < -0.3 is 10.2 Å². The standard InChI is InChI=1S/C12H23N3O/c1-3-13-10-4-8-15(9-5-10)11-6-7-14(2)12(11)16/h10-11,13H,3-9H2,1-2H3. The third-order valence-electron chi connectivity index (χ3n) is 3.86. The number of rotatable bonds is 3. The number of nitrogens with zero attached hydrogens (tertiary/aromatic N) is 2. The second-order valence-corrected chi connectivity index (χ2v) is 4.93. The van der Waals surface area contributed by atoms with Gasteiger partial charge in [0.05, 0.1) is 6.04 Å². The molecule has 2 rings (SSSR count). The molecule has 0 bridgehead atoms. The number of hydrogen-bond donors (Lipinski definition) is 1. The van der Waals surface area contributed by atoms with Crippen LogP contribution < -0.4 is 5.32 Å². The summed E-state index contributed by atoms with van der Waals surface area (Å²) in [6, 6.07) is 0.836. The van der Waals surface area contributed by atoms with Crippen LogP contribution in [0.5, 0.6) is 0 Å². The Hall–Kier alpha value is -0.610. The predicted molar refractivity (Wildman–Crippen MR) is 64.3 cm³/mol. The molecule has 2 fully saturated rings. The molecule has 0 aliphatic carbocycles. The van der Waals surface area contributed by atoms with E-state index in [1.165, 1.54) is 12.8 Å². The van der Waals surface area contributed by atoms with Gasteiger partial charge in [0, 0.05) is 32.7 Å². The molecule has 1 amide bonds. The van der Waals surface area contributed by atoms with Crippen LogP contribution in [0.25, 0.3) is 0 Å². The van der Waals surface area contributed by atoms with Gasteiger partial charge in [0.1, 0.15) is 0 Å². The first-order valence-corrected chi connectivity index (χ1v) is 6.44. The third-order valence-corrected chi connectivity index (χ3v) is 3.86. The Labute approximate surface area is 98.0 Å². The lowest BCUT2D eigenvalue weighted by atomic mass is 10.0. The topological polar surface area (TPSA) is 35.6 Å². The van der Waals surface area contributed by atoms with Gasteiger partial charge in [-0.15, -0.1) is 0 Å². The van der Waals surface area contributed by atoms with Crippen molar-refractivity contribution >= 4 is 5.91 Å². The van der Waals surface area contributed by atoms with Crippen molar-refractivity contribution in [1.29, 1.82) is 0 Å². The van der Waals surface area contributed by atoms with Gasteiger partial charge in [-0.05, 0) is 25.8 Å². The smallest absolute Gasteiger partial charge is 0.239 e. The van der Waals surface area contributed by atoms with E-state index in [1.54, 1.807) is 0 Å². The van der Waals surface area contributed by atoms with Crippen molar-refractivity contribution in [3.8, 4) is 0 Å². The van der Waals surface area contributed by atoms with Crippen LogP contribution in [0.1, 0.15) is 26.2 Å². The summed E-state index contributed by atoms with van der Waals surface area (Å²) >= 11 is 0. The average molecular weight is 225 g/mol. The SMILES string of the molecule is CCNC1CCN(C2CCN(C)C2=O)CC1. The second kappa shape index (κ2) is 5.15. The molecule has 2 saturated heterocycles. The van der Waals surface area contributed by atoms with Gasteiger partial charge in [-0.1, -0.05) is 6.92 Å². The van der Waals surface area contributed by atoms with Crippen molar-refractivity contribution in [2.24, 2.45) is 0 Å². The number of carbonyl (C=O) groups is 1. The monoisotopic (exact) mass is 225 g/mol.